The van der Waals surface area contributed by atoms with E-state index < -0.39 is 0 Å². The van der Waals surface area contributed by atoms with Crippen LogP contribution in [0.2, 0.25) is 0 Å². The third-order valence-corrected chi connectivity index (χ3v) is 5.67. The largest absolute Gasteiger partial charge is 0.408 e. The smallest absolute Gasteiger partial charge is 0.316 e. The quantitative estimate of drug-likeness (QED) is 0.925. The molecule has 4 rings (SSSR count). The van der Waals surface area contributed by atoms with Crippen LogP contribution in [-0.2, 0) is 4.79 Å². The summed E-state index contributed by atoms with van der Waals surface area (Å²) >= 11 is 0. The van der Waals surface area contributed by atoms with Crippen LogP contribution >= 0.6 is 0 Å². The summed E-state index contributed by atoms with van der Waals surface area (Å²) in [6.07, 6.45) is 6.15. The first kappa shape index (κ1) is 14.0. The van der Waals surface area contributed by atoms with Gasteiger partial charge in [-0.1, -0.05) is 12.0 Å². The average molecular weight is 304 g/mol. The van der Waals surface area contributed by atoms with Gasteiger partial charge in [0.15, 0.2) is 0 Å². The van der Waals surface area contributed by atoms with Gasteiger partial charge in [-0.15, -0.1) is 5.10 Å². The van der Waals surface area contributed by atoms with Crippen LogP contribution in [0.5, 0.6) is 0 Å². The zero-order valence-electron chi connectivity index (χ0n) is 13.3. The Morgan fingerprint density at radius 3 is 2.59 bits per heavy atom. The molecular formula is C16H24N4O2. The Morgan fingerprint density at radius 2 is 2.00 bits per heavy atom. The van der Waals surface area contributed by atoms with Crippen molar-refractivity contribution in [3.63, 3.8) is 0 Å². The molecule has 3 atom stereocenters. The minimum absolute atomic E-state index is 0.134. The zero-order chi connectivity index (χ0) is 15.3. The van der Waals surface area contributed by atoms with Gasteiger partial charge in [-0.05, 0) is 50.4 Å². The van der Waals surface area contributed by atoms with Gasteiger partial charge in [0.1, 0.15) is 6.04 Å². The highest BCUT2D eigenvalue weighted by atomic mass is 16.4. The van der Waals surface area contributed by atoms with Gasteiger partial charge < -0.3 is 14.6 Å². The second-order valence-electron chi connectivity index (χ2n) is 7.46. The lowest BCUT2D eigenvalue weighted by atomic mass is 9.93. The molecule has 1 aliphatic heterocycles. The number of nitrogens with zero attached hydrogens (tertiary/aromatic N) is 3. The predicted molar refractivity (Wildman–Crippen MR) is 81.4 cm³/mol. The number of aromatic nitrogens is 2. The molecule has 1 amide bonds. The van der Waals surface area contributed by atoms with Crippen molar-refractivity contribution >= 4 is 11.9 Å². The van der Waals surface area contributed by atoms with E-state index in [0.717, 1.165) is 32.4 Å². The van der Waals surface area contributed by atoms with Crippen LogP contribution in [0, 0.1) is 11.3 Å². The molecule has 3 aliphatic rings. The van der Waals surface area contributed by atoms with Crippen molar-refractivity contribution < 1.29 is 9.21 Å². The number of carbonyl (C=O) groups is 1. The third kappa shape index (κ3) is 2.59. The number of rotatable bonds is 4. The van der Waals surface area contributed by atoms with Gasteiger partial charge in [-0.3, -0.25) is 4.79 Å². The summed E-state index contributed by atoms with van der Waals surface area (Å²) in [7, 11) is 0. The van der Waals surface area contributed by atoms with Gasteiger partial charge in [0.2, 0.25) is 11.8 Å². The molecule has 1 aromatic rings. The molecule has 1 N–H and O–H groups in total. The van der Waals surface area contributed by atoms with Crippen molar-refractivity contribution in [3.8, 4) is 0 Å². The van der Waals surface area contributed by atoms with Crippen LogP contribution in [0.1, 0.15) is 57.8 Å². The van der Waals surface area contributed by atoms with Crippen molar-refractivity contribution in [2.75, 3.05) is 18.4 Å². The molecule has 3 fully saturated rings. The number of anilines is 1. The molecule has 120 valence electrons. The number of hydrogen-bond donors (Lipinski definition) is 1. The molecule has 1 aromatic heterocycles. The Hall–Kier alpha value is -1.59. The Labute approximate surface area is 130 Å². The molecule has 0 aromatic carbocycles. The minimum atomic E-state index is -0.321. The van der Waals surface area contributed by atoms with Crippen LogP contribution in [0.4, 0.5) is 6.01 Å². The average Bonchev–Trinajstić information content (AvgIpc) is 3.39. The predicted octanol–water partition coefficient (Wildman–Crippen LogP) is 2.40. The zero-order valence-corrected chi connectivity index (χ0v) is 13.3. The number of carbonyl (C=O) groups excluding carboxylic acids is 1. The van der Waals surface area contributed by atoms with E-state index in [1.54, 1.807) is 0 Å². The van der Waals surface area contributed by atoms with E-state index in [-0.39, 0.29) is 11.9 Å². The molecule has 2 aliphatic carbocycles. The first-order chi connectivity index (χ1) is 10.6. The van der Waals surface area contributed by atoms with Crippen molar-refractivity contribution in [2.24, 2.45) is 11.3 Å². The van der Waals surface area contributed by atoms with Crippen molar-refractivity contribution in [3.05, 3.63) is 5.89 Å². The van der Waals surface area contributed by atoms with Gasteiger partial charge in [0.25, 0.3) is 0 Å². The number of piperidine rings is 1. The van der Waals surface area contributed by atoms with E-state index in [1.807, 2.05) is 11.8 Å². The van der Waals surface area contributed by atoms with Crippen molar-refractivity contribution in [2.45, 2.75) is 57.9 Å². The van der Waals surface area contributed by atoms with Gasteiger partial charge in [0.05, 0.1) is 0 Å². The summed E-state index contributed by atoms with van der Waals surface area (Å²) < 4.78 is 5.63. The number of likely N-dealkylation sites (tertiary alicyclic amines) is 1. The molecule has 22 heavy (non-hydrogen) atoms. The molecule has 1 saturated heterocycles. The standard InChI is InChI=1S/C16H24N4O2/c1-10-9-12(10)13-18-19-15(22-13)17-11(2)14(21)20-7-5-16(3-4-16)6-8-20/h10-12H,3-9H2,1-2H3,(H,17,19). The lowest BCUT2D eigenvalue weighted by Gasteiger charge is -2.33. The first-order valence-corrected chi connectivity index (χ1v) is 8.45. The first-order valence-electron chi connectivity index (χ1n) is 8.45. The molecule has 1 spiro atoms. The number of nitrogens with one attached hydrogen (secondary N) is 1. The van der Waals surface area contributed by atoms with E-state index in [4.69, 9.17) is 4.42 Å². The van der Waals surface area contributed by atoms with Crippen LogP contribution in [0.25, 0.3) is 0 Å². The SMILES string of the molecule is CC(Nc1nnc(C2CC2C)o1)C(=O)N1CCC2(CC1)CC2. The summed E-state index contributed by atoms with van der Waals surface area (Å²) in [5.74, 6) is 1.87. The maximum atomic E-state index is 12.5. The summed E-state index contributed by atoms with van der Waals surface area (Å²) in [5.41, 5.74) is 0.593. The Kier molecular flexibility index (Phi) is 3.16. The fourth-order valence-electron chi connectivity index (χ4n) is 3.51. The molecule has 2 heterocycles. The van der Waals surface area contributed by atoms with Crippen molar-refractivity contribution in [1.29, 1.82) is 0 Å². The highest BCUT2D eigenvalue weighted by Gasteiger charge is 2.45. The Morgan fingerprint density at radius 1 is 1.32 bits per heavy atom. The van der Waals surface area contributed by atoms with Crippen LogP contribution in [0.3, 0.4) is 0 Å². The van der Waals surface area contributed by atoms with Gasteiger partial charge in [-0.25, -0.2) is 0 Å². The molecular weight excluding hydrogens is 280 g/mol. The van der Waals surface area contributed by atoms with E-state index in [9.17, 15) is 4.79 Å². The van der Waals surface area contributed by atoms with Gasteiger partial charge in [0, 0.05) is 19.0 Å². The Balaban J connectivity index is 1.32. The summed E-state index contributed by atoms with van der Waals surface area (Å²) in [4.78, 5) is 14.5. The molecule has 2 saturated carbocycles. The second kappa shape index (κ2) is 4.96. The topological polar surface area (TPSA) is 71.3 Å². The lowest BCUT2D eigenvalue weighted by Crippen LogP contribution is -2.45. The normalized spacial score (nSPS) is 30.2. The van der Waals surface area contributed by atoms with Crippen LogP contribution in [-0.4, -0.2) is 40.1 Å². The van der Waals surface area contributed by atoms with Crippen LogP contribution in [0.15, 0.2) is 4.42 Å². The Bertz CT molecular complexity index is 570. The molecule has 0 radical (unpaired) electrons. The second-order valence-corrected chi connectivity index (χ2v) is 7.46. The summed E-state index contributed by atoms with van der Waals surface area (Å²) in [6, 6.07) is 0.0452. The fourth-order valence-corrected chi connectivity index (χ4v) is 3.51. The third-order valence-electron chi connectivity index (χ3n) is 5.67. The monoisotopic (exact) mass is 304 g/mol. The molecule has 0 bridgehead atoms. The minimum Gasteiger partial charge on any atom is -0.408 e. The molecule has 3 unspecified atom stereocenters. The number of amides is 1. The summed E-state index contributed by atoms with van der Waals surface area (Å²) in [5, 5.41) is 11.2. The van der Waals surface area contributed by atoms with E-state index in [1.165, 1.54) is 12.8 Å². The van der Waals surface area contributed by atoms with E-state index in [2.05, 4.69) is 22.4 Å². The highest BCUT2D eigenvalue weighted by Crippen LogP contribution is 2.53. The summed E-state index contributed by atoms with van der Waals surface area (Å²) in [6.45, 7) is 5.82. The fraction of sp³-hybridized carbons (Fsp3) is 0.812. The maximum absolute atomic E-state index is 12.5. The molecule has 6 heteroatoms. The van der Waals surface area contributed by atoms with E-state index in [0.29, 0.717) is 29.2 Å². The molecule has 6 nitrogen and oxygen atoms in total. The van der Waals surface area contributed by atoms with Crippen molar-refractivity contribution in [1.82, 2.24) is 15.1 Å². The van der Waals surface area contributed by atoms with Gasteiger partial charge in [-0.2, -0.15) is 0 Å². The van der Waals surface area contributed by atoms with Gasteiger partial charge >= 0.3 is 6.01 Å². The lowest BCUT2D eigenvalue weighted by molar-refractivity contribution is -0.133. The van der Waals surface area contributed by atoms with E-state index >= 15 is 0 Å². The maximum Gasteiger partial charge on any atom is 0.316 e. The number of hydrogen-bond acceptors (Lipinski definition) is 5. The highest BCUT2D eigenvalue weighted by molar-refractivity contribution is 5.83. The van der Waals surface area contributed by atoms with Crippen LogP contribution < -0.4 is 5.32 Å².